The Kier molecular flexibility index (Phi) is 7.87. The van der Waals surface area contributed by atoms with Crippen molar-refractivity contribution in [3.05, 3.63) is 111 Å². The molecule has 0 saturated carbocycles. The number of rotatable bonds is 8. The molecule has 208 valence electrons. The Morgan fingerprint density at radius 2 is 1.60 bits per heavy atom. The Morgan fingerprint density at radius 3 is 2.10 bits per heavy atom. The molecular formula is C28H25Cl2FN4O4S. The van der Waals surface area contributed by atoms with E-state index in [0.29, 0.717) is 28.9 Å². The molecule has 5 rings (SSSR count). The normalized spacial score (nSPS) is 14.2. The van der Waals surface area contributed by atoms with Gasteiger partial charge in [-0.25, -0.2) is 12.8 Å². The maximum absolute atomic E-state index is 14.7. The van der Waals surface area contributed by atoms with Crippen molar-refractivity contribution in [2.45, 2.75) is 19.0 Å². The van der Waals surface area contributed by atoms with E-state index in [2.05, 4.69) is 15.4 Å². The minimum atomic E-state index is -3.84. The molecule has 0 aliphatic carbocycles. The highest BCUT2D eigenvalue weighted by Crippen LogP contribution is 2.37. The van der Waals surface area contributed by atoms with Gasteiger partial charge in [0.05, 0.1) is 24.0 Å². The van der Waals surface area contributed by atoms with Crippen LogP contribution >= 0.6 is 23.2 Å². The second-order valence-electron chi connectivity index (χ2n) is 9.65. The average Bonchev–Trinajstić information content (AvgIpc) is 3.27. The van der Waals surface area contributed by atoms with Gasteiger partial charge in [0.1, 0.15) is 11.6 Å². The van der Waals surface area contributed by atoms with Crippen molar-refractivity contribution in [3.63, 3.8) is 0 Å². The molecule has 1 saturated heterocycles. The third-order valence-corrected chi connectivity index (χ3v) is 8.31. The minimum Gasteiger partial charge on any atom is -0.360 e. The van der Waals surface area contributed by atoms with Crippen LogP contribution < -0.4 is 9.62 Å². The maximum atomic E-state index is 14.7. The van der Waals surface area contributed by atoms with Crippen LogP contribution in [0, 0.1) is 12.7 Å². The smallest absolute Gasteiger partial charge is 0.257 e. The number of amides is 1. The van der Waals surface area contributed by atoms with Crippen molar-refractivity contribution in [2.75, 3.05) is 29.0 Å². The van der Waals surface area contributed by atoms with E-state index in [1.54, 1.807) is 31.2 Å². The molecule has 1 N–H and O–H groups in total. The number of halogens is 3. The molecule has 40 heavy (non-hydrogen) atoms. The number of nitrogens with one attached hydrogen (secondary N) is 1. The number of carbonyl (C=O) groups excluding carboxylic acids is 1. The molecule has 0 unspecified atom stereocenters. The van der Waals surface area contributed by atoms with E-state index in [-0.39, 0.29) is 23.1 Å². The zero-order chi connectivity index (χ0) is 28.6. The van der Waals surface area contributed by atoms with Crippen LogP contribution in [0.15, 0.2) is 77.3 Å². The summed E-state index contributed by atoms with van der Waals surface area (Å²) in [6.45, 7) is 2.39. The van der Waals surface area contributed by atoms with Crippen molar-refractivity contribution in [1.82, 2.24) is 10.1 Å². The standard InChI is InChI=1S/C28H25Cl2FN4O4S/c1-17-11-26(33-39-17)32-28(36)20-12-23(31)14-24(13-20)35(40(2,37)38)25-15-34(16-25)27(18-3-7-21(29)8-4-18)19-5-9-22(30)10-6-19/h3-14,25,27H,15-16H2,1-2H3,(H,32,33,36). The largest absolute Gasteiger partial charge is 0.360 e. The van der Waals surface area contributed by atoms with Crippen molar-refractivity contribution in [2.24, 2.45) is 0 Å². The quantitative estimate of drug-likeness (QED) is 0.269. The Labute approximate surface area is 241 Å². The summed E-state index contributed by atoms with van der Waals surface area (Å²) < 4.78 is 46.8. The number of nitrogens with zero attached hydrogens (tertiary/aromatic N) is 3. The Morgan fingerprint density at radius 1 is 1.02 bits per heavy atom. The number of hydrogen-bond acceptors (Lipinski definition) is 6. The van der Waals surface area contributed by atoms with Gasteiger partial charge >= 0.3 is 0 Å². The average molecular weight is 604 g/mol. The highest BCUT2D eigenvalue weighted by atomic mass is 35.5. The molecule has 1 amide bonds. The van der Waals surface area contributed by atoms with Crippen molar-refractivity contribution in [1.29, 1.82) is 0 Å². The topological polar surface area (TPSA) is 95.8 Å². The first-order valence-corrected chi connectivity index (χ1v) is 14.9. The first-order valence-electron chi connectivity index (χ1n) is 12.3. The molecule has 1 fully saturated rings. The summed E-state index contributed by atoms with van der Waals surface area (Å²) >= 11 is 12.2. The molecule has 1 aliphatic heterocycles. The number of likely N-dealkylation sites (tertiary alicyclic amines) is 1. The van der Waals surface area contributed by atoms with E-state index in [4.69, 9.17) is 27.7 Å². The Bertz CT molecular complexity index is 1590. The summed E-state index contributed by atoms with van der Waals surface area (Å²) in [4.78, 5) is 14.9. The third-order valence-electron chi connectivity index (χ3n) is 6.58. The van der Waals surface area contributed by atoms with E-state index >= 15 is 0 Å². The van der Waals surface area contributed by atoms with E-state index in [1.807, 2.05) is 24.3 Å². The second-order valence-corrected chi connectivity index (χ2v) is 12.4. The van der Waals surface area contributed by atoms with Gasteiger partial charge in [-0.2, -0.15) is 0 Å². The molecule has 0 bridgehead atoms. The number of benzene rings is 3. The fraction of sp³-hybridized carbons (Fsp3) is 0.214. The van der Waals surface area contributed by atoms with Gasteiger partial charge in [0, 0.05) is 34.8 Å². The highest BCUT2D eigenvalue weighted by Gasteiger charge is 2.41. The highest BCUT2D eigenvalue weighted by molar-refractivity contribution is 7.92. The zero-order valence-corrected chi connectivity index (χ0v) is 23.8. The fourth-order valence-electron chi connectivity index (χ4n) is 4.87. The van der Waals surface area contributed by atoms with E-state index in [9.17, 15) is 17.6 Å². The molecule has 0 spiro atoms. The van der Waals surface area contributed by atoms with Crippen LogP contribution in [0.1, 0.15) is 33.3 Å². The molecular weight excluding hydrogens is 578 g/mol. The zero-order valence-electron chi connectivity index (χ0n) is 21.5. The lowest BCUT2D eigenvalue weighted by molar-refractivity contribution is 0.102. The number of anilines is 2. The lowest BCUT2D eigenvalue weighted by Crippen LogP contribution is -2.61. The van der Waals surface area contributed by atoms with Crippen LogP contribution in [-0.2, 0) is 10.0 Å². The summed E-state index contributed by atoms with van der Waals surface area (Å²) in [5.41, 5.74) is 1.96. The molecule has 1 aliphatic rings. The number of hydrogen-bond donors (Lipinski definition) is 1. The molecule has 0 atom stereocenters. The van der Waals surface area contributed by atoms with Gasteiger partial charge in [0.15, 0.2) is 5.82 Å². The third kappa shape index (κ3) is 6.15. The van der Waals surface area contributed by atoms with Crippen LogP contribution in [0.3, 0.4) is 0 Å². The molecule has 12 heteroatoms. The molecule has 1 aromatic heterocycles. The van der Waals surface area contributed by atoms with Crippen LogP contribution in [0.4, 0.5) is 15.9 Å². The van der Waals surface area contributed by atoms with Crippen LogP contribution in [0.25, 0.3) is 0 Å². The van der Waals surface area contributed by atoms with Crippen molar-refractivity contribution < 1.29 is 22.1 Å². The van der Waals surface area contributed by atoms with Crippen LogP contribution in [-0.4, -0.2) is 49.8 Å². The van der Waals surface area contributed by atoms with Gasteiger partial charge in [-0.1, -0.05) is 52.6 Å². The van der Waals surface area contributed by atoms with Gasteiger partial charge < -0.3 is 9.84 Å². The number of carbonyl (C=O) groups is 1. The van der Waals surface area contributed by atoms with Crippen molar-refractivity contribution in [3.8, 4) is 0 Å². The SMILES string of the molecule is Cc1cc(NC(=O)c2cc(F)cc(N(C3CN(C(c4ccc(Cl)cc4)c4ccc(Cl)cc4)C3)S(C)(=O)=O)c2)no1. The van der Waals surface area contributed by atoms with Crippen LogP contribution in [0.5, 0.6) is 0 Å². The molecule has 4 aromatic rings. The summed E-state index contributed by atoms with van der Waals surface area (Å²) in [5.74, 6) is -0.742. The predicted octanol–water partition coefficient (Wildman–Crippen LogP) is 5.92. The summed E-state index contributed by atoms with van der Waals surface area (Å²) in [6, 6.07) is 19.3. The van der Waals surface area contributed by atoms with E-state index < -0.39 is 27.8 Å². The monoisotopic (exact) mass is 602 g/mol. The molecule has 0 radical (unpaired) electrons. The molecule has 8 nitrogen and oxygen atoms in total. The van der Waals surface area contributed by atoms with Crippen molar-refractivity contribution >= 4 is 50.6 Å². The fourth-order valence-corrected chi connectivity index (χ4v) is 6.29. The first kappa shape index (κ1) is 28.1. The molecule has 3 aromatic carbocycles. The first-order chi connectivity index (χ1) is 19.0. The van der Waals surface area contributed by atoms with Crippen LogP contribution in [0.2, 0.25) is 10.0 Å². The minimum absolute atomic E-state index is 0.0549. The van der Waals surface area contributed by atoms with E-state index in [0.717, 1.165) is 29.5 Å². The van der Waals surface area contributed by atoms with E-state index in [1.165, 1.54) is 16.4 Å². The molecule has 2 heterocycles. The number of sulfonamides is 1. The van der Waals surface area contributed by atoms with Gasteiger partial charge in [-0.15, -0.1) is 0 Å². The predicted molar refractivity (Wildman–Crippen MR) is 153 cm³/mol. The van der Waals surface area contributed by atoms with Gasteiger partial charge in [-0.3, -0.25) is 14.0 Å². The Balaban J connectivity index is 1.42. The maximum Gasteiger partial charge on any atom is 0.257 e. The number of aryl methyl sites for hydroxylation is 1. The van der Waals surface area contributed by atoms with Gasteiger partial charge in [0.2, 0.25) is 10.0 Å². The second kappa shape index (κ2) is 11.2. The summed E-state index contributed by atoms with van der Waals surface area (Å²) in [5, 5.41) is 7.45. The lowest BCUT2D eigenvalue weighted by atomic mass is 9.93. The van der Waals surface area contributed by atoms with Gasteiger partial charge in [-0.05, 0) is 60.5 Å². The number of aromatic nitrogens is 1. The lowest BCUT2D eigenvalue weighted by Gasteiger charge is -2.48. The summed E-state index contributed by atoms with van der Waals surface area (Å²) in [7, 11) is -3.84. The summed E-state index contributed by atoms with van der Waals surface area (Å²) in [6.07, 6.45) is 1.06. The van der Waals surface area contributed by atoms with Gasteiger partial charge in [0.25, 0.3) is 5.91 Å². The Hall–Kier alpha value is -3.44.